The third-order valence-corrected chi connectivity index (χ3v) is 4.37. The zero-order chi connectivity index (χ0) is 11.6. The Morgan fingerprint density at radius 3 is 2.31 bits per heavy atom. The molecule has 1 aliphatic carbocycles. The number of ether oxygens (including phenoxy) is 1. The molecule has 1 heterocycles. The average Bonchev–Trinajstić information content (AvgIpc) is 2.96. The standard InChI is InChI=1S/C13H25NOS/c1-12(2,3)15-11-13(4-5-13)10-14-6-8-16-9-7-14/h4-11H2,1-3H3. The normalized spacial score (nSPS) is 25.7. The molecule has 0 radical (unpaired) electrons. The molecule has 1 saturated heterocycles. The van der Waals surface area contributed by atoms with E-state index in [4.69, 9.17) is 4.74 Å². The molecule has 0 amide bonds. The maximum Gasteiger partial charge on any atom is 0.0598 e. The van der Waals surface area contributed by atoms with Crippen molar-refractivity contribution in [3.8, 4) is 0 Å². The van der Waals surface area contributed by atoms with Gasteiger partial charge in [-0.1, -0.05) is 0 Å². The number of thioether (sulfide) groups is 1. The predicted molar refractivity (Wildman–Crippen MR) is 71.1 cm³/mol. The van der Waals surface area contributed by atoms with Gasteiger partial charge in [-0.3, -0.25) is 0 Å². The van der Waals surface area contributed by atoms with Gasteiger partial charge in [0.15, 0.2) is 0 Å². The van der Waals surface area contributed by atoms with E-state index >= 15 is 0 Å². The summed E-state index contributed by atoms with van der Waals surface area (Å²) in [5.41, 5.74) is 0.530. The van der Waals surface area contributed by atoms with Gasteiger partial charge in [0.05, 0.1) is 12.2 Å². The highest BCUT2D eigenvalue weighted by Crippen LogP contribution is 2.47. The molecule has 2 nitrogen and oxygen atoms in total. The number of nitrogens with zero attached hydrogens (tertiary/aromatic N) is 1. The second-order valence-electron chi connectivity index (χ2n) is 6.29. The van der Waals surface area contributed by atoms with E-state index in [1.807, 2.05) is 0 Å². The Morgan fingerprint density at radius 1 is 1.19 bits per heavy atom. The van der Waals surface area contributed by atoms with Crippen LogP contribution in [0, 0.1) is 5.41 Å². The Morgan fingerprint density at radius 2 is 1.81 bits per heavy atom. The third kappa shape index (κ3) is 3.94. The summed E-state index contributed by atoms with van der Waals surface area (Å²) in [6, 6.07) is 0. The first kappa shape index (κ1) is 12.7. The highest BCUT2D eigenvalue weighted by atomic mass is 32.2. The molecule has 0 aromatic rings. The maximum atomic E-state index is 5.97. The molecule has 2 aliphatic rings. The van der Waals surface area contributed by atoms with Gasteiger partial charge in [0.1, 0.15) is 0 Å². The Balaban J connectivity index is 1.75. The lowest BCUT2D eigenvalue weighted by Gasteiger charge is -2.31. The van der Waals surface area contributed by atoms with Gasteiger partial charge in [0, 0.05) is 36.6 Å². The fourth-order valence-electron chi connectivity index (χ4n) is 2.13. The van der Waals surface area contributed by atoms with Crippen LogP contribution in [0.4, 0.5) is 0 Å². The van der Waals surface area contributed by atoms with Gasteiger partial charge in [-0.25, -0.2) is 0 Å². The molecule has 0 atom stereocenters. The zero-order valence-electron chi connectivity index (χ0n) is 10.9. The van der Waals surface area contributed by atoms with Gasteiger partial charge in [-0.05, 0) is 33.6 Å². The highest BCUT2D eigenvalue weighted by molar-refractivity contribution is 7.99. The smallest absolute Gasteiger partial charge is 0.0598 e. The Hall–Kier alpha value is 0.270. The van der Waals surface area contributed by atoms with Crippen molar-refractivity contribution in [2.45, 2.75) is 39.2 Å². The molecular weight excluding hydrogens is 218 g/mol. The summed E-state index contributed by atoms with van der Waals surface area (Å²) in [5, 5.41) is 0. The van der Waals surface area contributed by atoms with E-state index in [0.29, 0.717) is 5.41 Å². The van der Waals surface area contributed by atoms with Crippen molar-refractivity contribution >= 4 is 11.8 Å². The van der Waals surface area contributed by atoms with Crippen molar-refractivity contribution in [3.63, 3.8) is 0 Å². The van der Waals surface area contributed by atoms with Crippen LogP contribution in [0.3, 0.4) is 0 Å². The van der Waals surface area contributed by atoms with Gasteiger partial charge in [0.25, 0.3) is 0 Å². The fraction of sp³-hybridized carbons (Fsp3) is 1.00. The molecular formula is C13H25NOS. The van der Waals surface area contributed by atoms with E-state index in [2.05, 4.69) is 37.4 Å². The number of hydrogen-bond donors (Lipinski definition) is 0. The Labute approximate surface area is 104 Å². The summed E-state index contributed by atoms with van der Waals surface area (Å²) < 4.78 is 5.97. The van der Waals surface area contributed by atoms with Crippen molar-refractivity contribution in [1.29, 1.82) is 0 Å². The molecule has 0 bridgehead atoms. The summed E-state index contributed by atoms with van der Waals surface area (Å²) >= 11 is 2.09. The summed E-state index contributed by atoms with van der Waals surface area (Å²) in [7, 11) is 0. The van der Waals surface area contributed by atoms with Crippen molar-refractivity contribution < 1.29 is 4.74 Å². The number of rotatable bonds is 4. The van der Waals surface area contributed by atoms with Gasteiger partial charge in [0.2, 0.25) is 0 Å². The zero-order valence-corrected chi connectivity index (χ0v) is 11.7. The van der Waals surface area contributed by atoms with Crippen LogP contribution in [0.2, 0.25) is 0 Å². The summed E-state index contributed by atoms with van der Waals surface area (Å²) in [4.78, 5) is 2.63. The first-order valence-corrected chi connectivity index (χ1v) is 7.59. The molecule has 3 heteroatoms. The van der Waals surface area contributed by atoms with Gasteiger partial charge in [-0.2, -0.15) is 11.8 Å². The SMILES string of the molecule is CC(C)(C)OCC1(CN2CCSCC2)CC1. The summed E-state index contributed by atoms with van der Waals surface area (Å²) in [6.07, 6.45) is 2.74. The fourth-order valence-corrected chi connectivity index (χ4v) is 3.11. The van der Waals surface area contributed by atoms with Gasteiger partial charge < -0.3 is 9.64 Å². The first-order valence-electron chi connectivity index (χ1n) is 6.43. The van der Waals surface area contributed by atoms with Crippen LogP contribution < -0.4 is 0 Å². The van der Waals surface area contributed by atoms with Gasteiger partial charge in [-0.15, -0.1) is 0 Å². The quantitative estimate of drug-likeness (QED) is 0.753. The molecule has 0 unspecified atom stereocenters. The van der Waals surface area contributed by atoms with Crippen LogP contribution in [-0.4, -0.2) is 48.2 Å². The second-order valence-corrected chi connectivity index (χ2v) is 7.51. The largest absolute Gasteiger partial charge is 0.375 e. The van der Waals surface area contributed by atoms with E-state index in [9.17, 15) is 0 Å². The third-order valence-electron chi connectivity index (χ3n) is 3.43. The summed E-state index contributed by atoms with van der Waals surface area (Å²) in [6.45, 7) is 11.2. The molecule has 2 rings (SSSR count). The molecule has 1 aliphatic heterocycles. The molecule has 94 valence electrons. The predicted octanol–water partition coefficient (Wildman–Crippen LogP) is 2.63. The molecule has 16 heavy (non-hydrogen) atoms. The van der Waals surface area contributed by atoms with Crippen LogP contribution in [0.5, 0.6) is 0 Å². The number of hydrogen-bond acceptors (Lipinski definition) is 3. The van der Waals surface area contributed by atoms with E-state index in [1.54, 1.807) is 0 Å². The van der Waals surface area contributed by atoms with E-state index in [1.165, 1.54) is 44.0 Å². The van der Waals surface area contributed by atoms with E-state index in [-0.39, 0.29) is 5.60 Å². The Bertz CT molecular complexity index is 227. The first-order chi connectivity index (χ1) is 7.49. The van der Waals surface area contributed by atoms with Crippen LogP contribution in [0.1, 0.15) is 33.6 Å². The monoisotopic (exact) mass is 243 g/mol. The van der Waals surface area contributed by atoms with Gasteiger partial charge >= 0.3 is 0 Å². The lowest BCUT2D eigenvalue weighted by molar-refractivity contribution is -0.0335. The molecule has 1 saturated carbocycles. The van der Waals surface area contributed by atoms with Crippen molar-refractivity contribution in [1.82, 2.24) is 4.90 Å². The molecule has 0 aromatic carbocycles. The Kier molecular flexibility index (Phi) is 3.87. The highest BCUT2D eigenvalue weighted by Gasteiger charge is 2.44. The van der Waals surface area contributed by atoms with Crippen LogP contribution >= 0.6 is 11.8 Å². The van der Waals surface area contributed by atoms with Crippen molar-refractivity contribution in [2.24, 2.45) is 5.41 Å². The molecule has 0 spiro atoms. The average molecular weight is 243 g/mol. The topological polar surface area (TPSA) is 12.5 Å². The van der Waals surface area contributed by atoms with Crippen LogP contribution in [0.15, 0.2) is 0 Å². The second kappa shape index (κ2) is 4.87. The van der Waals surface area contributed by atoms with E-state index in [0.717, 1.165) is 6.61 Å². The van der Waals surface area contributed by atoms with Crippen molar-refractivity contribution in [3.05, 3.63) is 0 Å². The lowest BCUT2D eigenvalue weighted by atomic mass is 10.1. The molecule has 0 aromatic heterocycles. The van der Waals surface area contributed by atoms with Crippen molar-refractivity contribution in [2.75, 3.05) is 37.7 Å². The lowest BCUT2D eigenvalue weighted by Crippen LogP contribution is -2.39. The summed E-state index contributed by atoms with van der Waals surface area (Å²) in [5.74, 6) is 2.63. The molecule has 0 N–H and O–H groups in total. The maximum absolute atomic E-state index is 5.97. The van der Waals surface area contributed by atoms with Crippen LogP contribution in [-0.2, 0) is 4.74 Å². The molecule has 2 fully saturated rings. The minimum absolute atomic E-state index is 0.0212. The van der Waals surface area contributed by atoms with Crippen LogP contribution in [0.25, 0.3) is 0 Å². The minimum Gasteiger partial charge on any atom is -0.375 e. The van der Waals surface area contributed by atoms with E-state index < -0.39 is 0 Å². The minimum atomic E-state index is 0.0212.